The van der Waals surface area contributed by atoms with E-state index in [0.717, 1.165) is 72.1 Å². The van der Waals surface area contributed by atoms with Gasteiger partial charge in [0, 0.05) is 48.3 Å². The van der Waals surface area contributed by atoms with Crippen LogP contribution >= 0.6 is 11.3 Å². The van der Waals surface area contributed by atoms with Crippen LogP contribution in [0.2, 0.25) is 0 Å². The van der Waals surface area contributed by atoms with Gasteiger partial charge in [0.15, 0.2) is 5.58 Å². The van der Waals surface area contributed by atoms with Crippen LogP contribution in [0.4, 0.5) is 17.1 Å². The molecule has 0 aliphatic heterocycles. The number of fused-ring (bicyclic) bond motifs is 9. The quantitative estimate of drug-likeness (QED) is 0.181. The van der Waals surface area contributed by atoms with Crippen molar-refractivity contribution in [3.05, 3.63) is 176 Å². The summed E-state index contributed by atoms with van der Waals surface area (Å²) in [6, 6.07) is 62.3. The Morgan fingerprint density at radius 1 is 0.404 bits per heavy atom. The second kappa shape index (κ2) is 11.5. The Balaban J connectivity index is 1.22. The Labute approximate surface area is 303 Å². The number of para-hydroxylation sites is 2. The molecule has 0 saturated carbocycles. The summed E-state index contributed by atoms with van der Waals surface area (Å²) in [7, 11) is 0. The minimum Gasteiger partial charge on any atom is -0.456 e. The lowest BCUT2D eigenvalue weighted by atomic mass is 9.96. The fourth-order valence-electron chi connectivity index (χ4n) is 7.93. The van der Waals surface area contributed by atoms with Gasteiger partial charge in [-0.15, -0.1) is 11.3 Å². The number of hydrogen-bond acceptors (Lipinski definition) is 4. The van der Waals surface area contributed by atoms with Crippen molar-refractivity contribution in [3.63, 3.8) is 0 Å². The van der Waals surface area contributed by atoms with Crippen LogP contribution in [-0.2, 0) is 0 Å². The highest BCUT2D eigenvalue weighted by molar-refractivity contribution is 7.26. The van der Waals surface area contributed by atoms with E-state index in [1.54, 1.807) is 0 Å². The summed E-state index contributed by atoms with van der Waals surface area (Å²) >= 11 is 1.84. The fourth-order valence-corrected chi connectivity index (χ4v) is 9.13. The first kappa shape index (κ1) is 29.1. The maximum Gasteiger partial charge on any atom is 0.159 e. The van der Waals surface area contributed by atoms with Crippen LogP contribution in [0.15, 0.2) is 185 Å². The van der Waals surface area contributed by atoms with Crippen molar-refractivity contribution in [1.82, 2.24) is 0 Å². The van der Waals surface area contributed by atoms with E-state index in [4.69, 9.17) is 8.83 Å². The predicted molar refractivity (Wildman–Crippen MR) is 219 cm³/mol. The van der Waals surface area contributed by atoms with Crippen molar-refractivity contribution >= 4 is 92.4 Å². The summed E-state index contributed by atoms with van der Waals surface area (Å²) in [5, 5.41) is 6.74. The van der Waals surface area contributed by atoms with Crippen LogP contribution in [0.5, 0.6) is 0 Å². The van der Waals surface area contributed by atoms with Gasteiger partial charge in [0.05, 0.1) is 16.1 Å². The van der Waals surface area contributed by atoms with E-state index in [-0.39, 0.29) is 0 Å². The molecule has 0 saturated heterocycles. The SMILES string of the molecule is c1ccc(-c2ccc(N(c3cccc4c3oc3c(-c5ccccc5)c5c(cc34)oc3ccccc35)c3cccc4c3sc3ccccc34)cc2)cc1. The van der Waals surface area contributed by atoms with Crippen molar-refractivity contribution < 1.29 is 8.83 Å². The average Bonchev–Trinajstić information content (AvgIpc) is 3.90. The molecule has 0 atom stereocenters. The summed E-state index contributed by atoms with van der Waals surface area (Å²) in [5.74, 6) is 0. The molecular formula is C48H29NO2S. The van der Waals surface area contributed by atoms with Gasteiger partial charge in [0.25, 0.3) is 0 Å². The Bertz CT molecular complexity index is 3120. The maximum absolute atomic E-state index is 7.20. The van der Waals surface area contributed by atoms with Gasteiger partial charge >= 0.3 is 0 Å². The number of furan rings is 2. The van der Waals surface area contributed by atoms with E-state index in [2.05, 4.69) is 169 Å². The molecule has 0 unspecified atom stereocenters. The minimum absolute atomic E-state index is 0.830. The van der Waals surface area contributed by atoms with Gasteiger partial charge in [-0.1, -0.05) is 133 Å². The van der Waals surface area contributed by atoms with E-state index in [9.17, 15) is 0 Å². The molecule has 0 radical (unpaired) electrons. The van der Waals surface area contributed by atoms with Crippen LogP contribution in [0.25, 0.3) is 86.3 Å². The zero-order valence-electron chi connectivity index (χ0n) is 27.9. The third-order valence-corrected chi connectivity index (χ3v) is 11.5. The van der Waals surface area contributed by atoms with Gasteiger partial charge in [0.2, 0.25) is 0 Å². The molecule has 0 N–H and O–H groups in total. The molecule has 11 aromatic rings. The Morgan fingerprint density at radius 2 is 1.04 bits per heavy atom. The normalized spacial score (nSPS) is 11.8. The third kappa shape index (κ3) is 4.38. The molecule has 0 spiro atoms. The molecule has 8 aromatic carbocycles. The molecule has 52 heavy (non-hydrogen) atoms. The van der Waals surface area contributed by atoms with Crippen molar-refractivity contribution in [1.29, 1.82) is 0 Å². The van der Waals surface area contributed by atoms with Crippen LogP contribution in [0, 0.1) is 0 Å². The molecule has 0 aliphatic carbocycles. The predicted octanol–water partition coefficient (Wildman–Crippen LogP) is 14.7. The van der Waals surface area contributed by atoms with Crippen LogP contribution in [-0.4, -0.2) is 0 Å². The monoisotopic (exact) mass is 683 g/mol. The van der Waals surface area contributed by atoms with Gasteiger partial charge < -0.3 is 13.7 Å². The molecule has 0 aliphatic rings. The molecule has 0 amide bonds. The number of nitrogens with zero attached hydrogens (tertiary/aromatic N) is 1. The lowest BCUT2D eigenvalue weighted by Gasteiger charge is -2.26. The Kier molecular flexibility index (Phi) is 6.42. The minimum atomic E-state index is 0.830. The highest BCUT2D eigenvalue weighted by Gasteiger charge is 2.25. The number of thiophene rings is 1. The molecule has 244 valence electrons. The maximum atomic E-state index is 7.20. The number of hydrogen-bond donors (Lipinski definition) is 0. The summed E-state index contributed by atoms with van der Waals surface area (Å²) in [6.07, 6.45) is 0. The second-order valence-corrected chi connectivity index (χ2v) is 14.3. The standard InChI is InChI=1S/C48H29NO2S/c1-3-13-30(14-4-1)31-25-27-33(28-26-31)49(40-22-12-20-36-34-17-8-10-24-43(34)52-48(36)40)39-21-11-19-35-38-29-42-45(37-18-7-9-23-41(37)50-42)44(47(38)51-46(35)39)32-15-5-2-6-16-32/h1-29H. The van der Waals surface area contributed by atoms with Crippen LogP contribution in [0.1, 0.15) is 0 Å². The van der Waals surface area contributed by atoms with E-state index >= 15 is 0 Å². The first-order valence-electron chi connectivity index (χ1n) is 17.5. The van der Waals surface area contributed by atoms with Gasteiger partial charge in [-0.3, -0.25) is 0 Å². The molecule has 3 nitrogen and oxygen atoms in total. The molecule has 4 heteroatoms. The summed E-state index contributed by atoms with van der Waals surface area (Å²) < 4.78 is 16.2. The highest BCUT2D eigenvalue weighted by Crippen LogP contribution is 2.50. The summed E-state index contributed by atoms with van der Waals surface area (Å²) in [5.41, 5.74) is 11.1. The number of anilines is 3. The largest absolute Gasteiger partial charge is 0.456 e. The molecule has 0 bridgehead atoms. The fraction of sp³-hybridized carbons (Fsp3) is 0. The van der Waals surface area contributed by atoms with E-state index in [1.165, 1.54) is 31.3 Å². The lowest BCUT2D eigenvalue weighted by Crippen LogP contribution is -2.10. The van der Waals surface area contributed by atoms with Crippen molar-refractivity contribution in [2.75, 3.05) is 4.90 Å². The molecule has 3 heterocycles. The van der Waals surface area contributed by atoms with Crippen molar-refractivity contribution in [2.45, 2.75) is 0 Å². The van der Waals surface area contributed by atoms with E-state index < -0.39 is 0 Å². The van der Waals surface area contributed by atoms with Crippen LogP contribution in [0.3, 0.4) is 0 Å². The third-order valence-electron chi connectivity index (χ3n) is 10.3. The lowest BCUT2D eigenvalue weighted by molar-refractivity contribution is 0.665. The first-order chi connectivity index (χ1) is 25.8. The first-order valence-corrected chi connectivity index (χ1v) is 18.3. The Hall–Kier alpha value is -6.62. The molecule has 3 aromatic heterocycles. The topological polar surface area (TPSA) is 29.5 Å². The zero-order valence-corrected chi connectivity index (χ0v) is 28.7. The van der Waals surface area contributed by atoms with Gasteiger partial charge in [-0.2, -0.15) is 0 Å². The second-order valence-electron chi connectivity index (χ2n) is 13.2. The number of benzene rings is 8. The van der Waals surface area contributed by atoms with Gasteiger partial charge in [-0.25, -0.2) is 0 Å². The zero-order chi connectivity index (χ0) is 34.2. The number of rotatable bonds is 5. The van der Waals surface area contributed by atoms with Crippen LogP contribution < -0.4 is 4.90 Å². The van der Waals surface area contributed by atoms with Crippen molar-refractivity contribution in [3.8, 4) is 22.3 Å². The van der Waals surface area contributed by atoms with E-state index in [0.29, 0.717) is 0 Å². The highest BCUT2D eigenvalue weighted by atomic mass is 32.1. The van der Waals surface area contributed by atoms with Gasteiger partial charge in [-0.05, 0) is 59.2 Å². The smallest absolute Gasteiger partial charge is 0.159 e. The van der Waals surface area contributed by atoms with Crippen molar-refractivity contribution in [2.24, 2.45) is 0 Å². The average molecular weight is 684 g/mol. The molecule has 0 fully saturated rings. The Morgan fingerprint density at radius 3 is 1.85 bits per heavy atom. The van der Waals surface area contributed by atoms with Gasteiger partial charge in [0.1, 0.15) is 16.7 Å². The molecular weight excluding hydrogens is 655 g/mol. The summed E-state index contributed by atoms with van der Waals surface area (Å²) in [6.45, 7) is 0. The van der Waals surface area contributed by atoms with E-state index in [1.807, 2.05) is 23.5 Å². The summed E-state index contributed by atoms with van der Waals surface area (Å²) in [4.78, 5) is 2.37. The molecule has 11 rings (SSSR count).